The lowest BCUT2D eigenvalue weighted by Gasteiger charge is -2.20. The van der Waals surface area contributed by atoms with Crippen LogP contribution in [0.1, 0.15) is 32.6 Å². The number of amides is 1. The molecule has 2 aromatic rings. The summed E-state index contributed by atoms with van der Waals surface area (Å²) in [5, 5.41) is 5.73. The second-order valence-corrected chi connectivity index (χ2v) is 8.87. The Hall–Kier alpha value is -2.41. The summed E-state index contributed by atoms with van der Waals surface area (Å²) in [6.45, 7) is 1.94. The number of carbonyl (C=O) groups excluding carboxylic acids is 1. The van der Waals surface area contributed by atoms with Crippen molar-refractivity contribution in [2.45, 2.75) is 37.5 Å². The van der Waals surface area contributed by atoms with Crippen molar-refractivity contribution >= 4 is 38.1 Å². The van der Waals surface area contributed by atoms with Crippen LogP contribution in [0.2, 0.25) is 0 Å². The van der Waals surface area contributed by atoms with E-state index in [1.165, 1.54) is 4.31 Å². The average molecular weight is 371 g/mol. The molecule has 1 saturated carbocycles. The van der Waals surface area contributed by atoms with Crippen LogP contribution in [0.4, 0.5) is 5.69 Å². The van der Waals surface area contributed by atoms with Gasteiger partial charge in [-0.2, -0.15) is 5.10 Å². The van der Waals surface area contributed by atoms with Gasteiger partial charge >= 0.3 is 0 Å². The van der Waals surface area contributed by atoms with Crippen LogP contribution in [0.15, 0.2) is 46.4 Å². The minimum Gasteiger partial charge on any atom is -0.271 e. The van der Waals surface area contributed by atoms with Crippen LogP contribution in [-0.2, 0) is 14.8 Å². The Bertz CT molecular complexity index is 999. The van der Waals surface area contributed by atoms with E-state index in [1.54, 1.807) is 24.3 Å². The standard InChI is InChI=1S/C19H21N3O3S/c1-13-8-10-15(11-9-13)20-21-18(23)12-22-16-6-2-4-14-5-3-7-17(19(14)16)26(22,24)25/h2-7,13H,8-12H2,1H3,(H,21,23). The highest BCUT2D eigenvalue weighted by Gasteiger charge is 2.36. The molecule has 4 rings (SSSR count). The summed E-state index contributed by atoms with van der Waals surface area (Å²) < 4.78 is 26.9. The number of hydrogen-bond donors (Lipinski definition) is 1. The largest absolute Gasteiger partial charge is 0.271 e. The molecule has 1 aliphatic carbocycles. The fraction of sp³-hybridized carbons (Fsp3) is 0.368. The van der Waals surface area contributed by atoms with Gasteiger partial charge in [0.15, 0.2) is 0 Å². The highest BCUT2D eigenvalue weighted by atomic mass is 32.2. The molecule has 1 fully saturated rings. The highest BCUT2D eigenvalue weighted by molar-refractivity contribution is 7.93. The van der Waals surface area contributed by atoms with Crippen molar-refractivity contribution in [3.05, 3.63) is 36.4 Å². The van der Waals surface area contributed by atoms with Crippen LogP contribution >= 0.6 is 0 Å². The molecule has 26 heavy (non-hydrogen) atoms. The second-order valence-electron chi connectivity index (χ2n) is 7.04. The third kappa shape index (κ3) is 2.86. The SMILES string of the molecule is CC1CCC(=NNC(=O)CN2c3cccc4cccc(c34)S2(=O)=O)CC1. The molecule has 1 aliphatic heterocycles. The molecule has 2 aromatic carbocycles. The van der Waals surface area contributed by atoms with E-state index in [4.69, 9.17) is 0 Å². The number of benzene rings is 2. The molecular formula is C19H21N3O3S. The minimum atomic E-state index is -3.72. The number of sulfonamides is 1. The summed E-state index contributed by atoms with van der Waals surface area (Å²) in [6.07, 6.45) is 3.92. The molecule has 1 amide bonds. The van der Waals surface area contributed by atoms with Crippen molar-refractivity contribution in [2.24, 2.45) is 11.0 Å². The summed E-state index contributed by atoms with van der Waals surface area (Å²) in [5.41, 5.74) is 4.06. The monoisotopic (exact) mass is 371 g/mol. The van der Waals surface area contributed by atoms with E-state index in [-0.39, 0.29) is 11.4 Å². The van der Waals surface area contributed by atoms with Gasteiger partial charge in [-0.25, -0.2) is 13.8 Å². The lowest BCUT2D eigenvalue weighted by Crippen LogP contribution is -2.37. The fourth-order valence-electron chi connectivity index (χ4n) is 3.64. The summed E-state index contributed by atoms with van der Waals surface area (Å²) in [5.74, 6) is 0.267. The Morgan fingerprint density at radius 2 is 1.88 bits per heavy atom. The molecule has 2 aliphatic rings. The van der Waals surface area contributed by atoms with Crippen LogP contribution in [-0.4, -0.2) is 26.6 Å². The van der Waals surface area contributed by atoms with E-state index in [2.05, 4.69) is 17.5 Å². The van der Waals surface area contributed by atoms with Crippen molar-refractivity contribution in [3.8, 4) is 0 Å². The van der Waals surface area contributed by atoms with Gasteiger partial charge in [0.05, 0.1) is 10.6 Å². The molecule has 1 N–H and O–H groups in total. The van der Waals surface area contributed by atoms with Crippen molar-refractivity contribution in [1.82, 2.24) is 5.43 Å². The van der Waals surface area contributed by atoms with Crippen molar-refractivity contribution in [2.75, 3.05) is 10.8 Å². The summed E-state index contributed by atoms with van der Waals surface area (Å²) in [7, 11) is -3.72. The number of hydrogen-bond acceptors (Lipinski definition) is 4. The summed E-state index contributed by atoms with van der Waals surface area (Å²) in [6, 6.07) is 10.6. The molecule has 0 spiro atoms. The number of nitrogens with one attached hydrogen (secondary N) is 1. The molecule has 1 heterocycles. The summed E-state index contributed by atoms with van der Waals surface area (Å²) in [4.78, 5) is 12.6. The Kier molecular flexibility index (Phi) is 4.19. The Morgan fingerprint density at radius 3 is 2.62 bits per heavy atom. The van der Waals surface area contributed by atoms with E-state index in [1.807, 2.05) is 12.1 Å². The zero-order valence-corrected chi connectivity index (χ0v) is 15.4. The second kappa shape index (κ2) is 6.39. The van der Waals surface area contributed by atoms with Crippen LogP contribution in [0.3, 0.4) is 0 Å². The molecule has 6 nitrogen and oxygen atoms in total. The van der Waals surface area contributed by atoms with Gasteiger partial charge < -0.3 is 0 Å². The molecule has 0 saturated heterocycles. The van der Waals surface area contributed by atoms with Crippen LogP contribution < -0.4 is 9.73 Å². The molecule has 0 bridgehead atoms. The van der Waals surface area contributed by atoms with E-state index < -0.39 is 15.9 Å². The van der Waals surface area contributed by atoms with Gasteiger partial charge in [0.25, 0.3) is 15.9 Å². The first-order valence-electron chi connectivity index (χ1n) is 8.85. The molecule has 0 atom stereocenters. The minimum absolute atomic E-state index is 0.256. The van der Waals surface area contributed by atoms with Crippen LogP contribution in [0.5, 0.6) is 0 Å². The number of carbonyl (C=O) groups is 1. The van der Waals surface area contributed by atoms with Gasteiger partial charge in [0, 0.05) is 11.1 Å². The molecule has 0 aromatic heterocycles. The van der Waals surface area contributed by atoms with Crippen LogP contribution in [0.25, 0.3) is 10.8 Å². The maximum atomic E-state index is 12.9. The quantitative estimate of drug-likeness (QED) is 0.843. The number of rotatable bonds is 3. The molecule has 7 heteroatoms. The fourth-order valence-corrected chi connectivity index (χ4v) is 5.31. The first-order chi connectivity index (χ1) is 12.5. The first kappa shape index (κ1) is 17.0. The number of hydrazone groups is 1. The maximum Gasteiger partial charge on any atom is 0.265 e. The zero-order valence-electron chi connectivity index (χ0n) is 14.6. The van der Waals surface area contributed by atoms with E-state index >= 15 is 0 Å². The van der Waals surface area contributed by atoms with Gasteiger partial charge in [0.2, 0.25) is 0 Å². The maximum absolute atomic E-state index is 12.9. The topological polar surface area (TPSA) is 78.8 Å². The Labute approximate surface area is 152 Å². The van der Waals surface area contributed by atoms with Gasteiger partial charge in [-0.3, -0.25) is 9.10 Å². The van der Waals surface area contributed by atoms with E-state index in [0.29, 0.717) is 17.0 Å². The molecule has 0 unspecified atom stereocenters. The van der Waals surface area contributed by atoms with Crippen molar-refractivity contribution in [3.63, 3.8) is 0 Å². The van der Waals surface area contributed by atoms with Crippen molar-refractivity contribution < 1.29 is 13.2 Å². The number of nitrogens with zero attached hydrogens (tertiary/aromatic N) is 2. The summed E-state index contributed by atoms with van der Waals surface area (Å²) >= 11 is 0. The normalized spacial score (nSPS) is 21.0. The van der Waals surface area contributed by atoms with Gasteiger partial charge in [-0.05, 0) is 49.1 Å². The molecular weight excluding hydrogens is 350 g/mol. The smallest absolute Gasteiger partial charge is 0.265 e. The lowest BCUT2D eigenvalue weighted by atomic mass is 9.90. The zero-order chi connectivity index (χ0) is 18.3. The molecule has 0 radical (unpaired) electrons. The van der Waals surface area contributed by atoms with Crippen molar-refractivity contribution in [1.29, 1.82) is 0 Å². The first-order valence-corrected chi connectivity index (χ1v) is 10.3. The average Bonchev–Trinajstić information content (AvgIpc) is 2.85. The van der Waals surface area contributed by atoms with E-state index in [0.717, 1.165) is 36.8 Å². The predicted octanol–water partition coefficient (Wildman–Crippen LogP) is 3.03. The lowest BCUT2D eigenvalue weighted by molar-refractivity contribution is -0.119. The van der Waals surface area contributed by atoms with E-state index in [9.17, 15) is 13.2 Å². The predicted molar refractivity (Wildman–Crippen MR) is 102 cm³/mol. The van der Waals surface area contributed by atoms with Crippen LogP contribution in [0, 0.1) is 5.92 Å². The van der Waals surface area contributed by atoms with Gasteiger partial charge in [-0.15, -0.1) is 0 Å². The Balaban J connectivity index is 1.55. The Morgan fingerprint density at radius 1 is 1.19 bits per heavy atom. The third-order valence-electron chi connectivity index (χ3n) is 5.16. The highest BCUT2D eigenvalue weighted by Crippen LogP contribution is 2.41. The molecule has 136 valence electrons. The van der Waals surface area contributed by atoms with Gasteiger partial charge in [-0.1, -0.05) is 31.2 Å². The van der Waals surface area contributed by atoms with Gasteiger partial charge in [0.1, 0.15) is 6.54 Å². The number of anilines is 1. The third-order valence-corrected chi connectivity index (χ3v) is 6.96.